The fourth-order valence-electron chi connectivity index (χ4n) is 3.42. The molecule has 1 heterocycles. The lowest BCUT2D eigenvalue weighted by molar-refractivity contribution is -0.122. The molecule has 3 N–H and O–H groups in total. The summed E-state index contributed by atoms with van der Waals surface area (Å²) in [5.41, 5.74) is 1.44. The second-order valence-corrected chi connectivity index (χ2v) is 8.38. The summed E-state index contributed by atoms with van der Waals surface area (Å²) in [5.74, 6) is -0.222. The zero-order valence-corrected chi connectivity index (χ0v) is 19.3. The molecule has 2 aromatic rings. The molecular weight excluding hydrogens is 451 g/mol. The summed E-state index contributed by atoms with van der Waals surface area (Å²) in [7, 11) is 0. The average molecular weight is 479 g/mol. The van der Waals surface area contributed by atoms with Crippen molar-refractivity contribution >= 4 is 40.8 Å². The first-order valence-corrected chi connectivity index (χ1v) is 11.4. The monoisotopic (exact) mass is 478 g/mol. The van der Waals surface area contributed by atoms with Crippen LogP contribution in [-0.4, -0.2) is 62.3 Å². The molecule has 0 bridgehead atoms. The van der Waals surface area contributed by atoms with E-state index in [4.69, 9.17) is 27.9 Å². The number of rotatable bonds is 9. The number of carbonyl (C=O) groups is 2. The molecule has 1 saturated heterocycles. The minimum Gasteiger partial charge on any atom is -0.379 e. The molecule has 172 valence electrons. The molecule has 1 aliphatic rings. The van der Waals surface area contributed by atoms with Gasteiger partial charge in [-0.05, 0) is 36.7 Å². The molecular formula is C23H28Cl2N4O3. The van der Waals surface area contributed by atoms with E-state index in [1.165, 1.54) is 0 Å². The van der Waals surface area contributed by atoms with Gasteiger partial charge in [0, 0.05) is 31.7 Å². The molecule has 0 aliphatic carbocycles. The van der Waals surface area contributed by atoms with Crippen LogP contribution in [0.1, 0.15) is 12.0 Å². The number of hydrogen-bond acceptors (Lipinski definition) is 4. The van der Waals surface area contributed by atoms with Gasteiger partial charge in [0.2, 0.25) is 5.91 Å². The van der Waals surface area contributed by atoms with Crippen molar-refractivity contribution in [3.8, 4) is 0 Å². The Bertz CT molecular complexity index is 892. The number of nitrogens with zero attached hydrogens (tertiary/aromatic N) is 1. The highest BCUT2D eigenvalue weighted by molar-refractivity contribution is 6.42. The lowest BCUT2D eigenvalue weighted by atomic mass is 10.1. The van der Waals surface area contributed by atoms with Crippen molar-refractivity contribution in [2.75, 3.05) is 44.7 Å². The molecule has 3 amide bonds. The molecule has 1 fully saturated rings. The van der Waals surface area contributed by atoms with Gasteiger partial charge in [-0.2, -0.15) is 0 Å². The van der Waals surface area contributed by atoms with Gasteiger partial charge in [0.05, 0.1) is 23.3 Å². The Morgan fingerprint density at radius 3 is 2.50 bits per heavy atom. The van der Waals surface area contributed by atoms with Crippen LogP contribution in [0.15, 0.2) is 48.5 Å². The Labute approximate surface area is 198 Å². The van der Waals surface area contributed by atoms with Crippen LogP contribution in [0.2, 0.25) is 10.0 Å². The summed E-state index contributed by atoms with van der Waals surface area (Å²) in [6, 6.07) is 13.2. The number of nitrogens with one attached hydrogen (secondary N) is 3. The third-order valence-electron chi connectivity index (χ3n) is 5.14. The van der Waals surface area contributed by atoms with Crippen molar-refractivity contribution in [1.29, 1.82) is 0 Å². The number of benzene rings is 2. The first-order chi connectivity index (χ1) is 15.5. The van der Waals surface area contributed by atoms with E-state index in [0.717, 1.165) is 44.8 Å². The third kappa shape index (κ3) is 7.98. The van der Waals surface area contributed by atoms with E-state index in [-0.39, 0.29) is 5.91 Å². The molecule has 1 aliphatic heterocycles. The molecule has 1 unspecified atom stereocenters. The van der Waals surface area contributed by atoms with Crippen molar-refractivity contribution < 1.29 is 14.3 Å². The number of amides is 3. The molecule has 0 saturated carbocycles. The van der Waals surface area contributed by atoms with Gasteiger partial charge >= 0.3 is 6.03 Å². The Morgan fingerprint density at radius 1 is 1.03 bits per heavy atom. The van der Waals surface area contributed by atoms with E-state index in [0.29, 0.717) is 28.7 Å². The summed E-state index contributed by atoms with van der Waals surface area (Å²) >= 11 is 11.9. The Balaban J connectivity index is 1.54. The van der Waals surface area contributed by atoms with E-state index < -0.39 is 12.1 Å². The Hall–Kier alpha value is -2.32. The maximum Gasteiger partial charge on any atom is 0.319 e. The van der Waals surface area contributed by atoms with E-state index in [1.807, 2.05) is 30.3 Å². The lowest BCUT2D eigenvalue weighted by Gasteiger charge is -2.26. The van der Waals surface area contributed by atoms with Crippen LogP contribution < -0.4 is 16.0 Å². The quantitative estimate of drug-likeness (QED) is 0.481. The van der Waals surface area contributed by atoms with E-state index in [2.05, 4.69) is 20.9 Å². The maximum absolute atomic E-state index is 12.9. The predicted octanol–water partition coefficient (Wildman–Crippen LogP) is 3.56. The highest BCUT2D eigenvalue weighted by Crippen LogP contribution is 2.24. The first-order valence-electron chi connectivity index (χ1n) is 10.7. The SMILES string of the molecule is O=C(Nc1ccc(Cl)c(Cl)c1)NC(Cc1ccccc1)C(=O)NCCCN1CCOCC1. The molecule has 0 radical (unpaired) electrons. The fraction of sp³-hybridized carbons (Fsp3) is 0.391. The largest absolute Gasteiger partial charge is 0.379 e. The van der Waals surface area contributed by atoms with Crippen LogP contribution in [0, 0.1) is 0 Å². The molecule has 9 heteroatoms. The smallest absolute Gasteiger partial charge is 0.319 e. The van der Waals surface area contributed by atoms with Gasteiger partial charge < -0.3 is 20.7 Å². The summed E-state index contributed by atoms with van der Waals surface area (Å²) in [6.45, 7) is 4.78. The lowest BCUT2D eigenvalue weighted by Crippen LogP contribution is -2.49. The van der Waals surface area contributed by atoms with Gasteiger partial charge in [-0.1, -0.05) is 53.5 Å². The molecule has 7 nitrogen and oxygen atoms in total. The van der Waals surface area contributed by atoms with Crippen molar-refractivity contribution in [3.63, 3.8) is 0 Å². The minimum atomic E-state index is -0.719. The molecule has 2 aromatic carbocycles. The number of hydrogen-bond donors (Lipinski definition) is 3. The molecule has 0 aromatic heterocycles. The predicted molar refractivity (Wildman–Crippen MR) is 127 cm³/mol. The summed E-state index contributed by atoms with van der Waals surface area (Å²) in [5, 5.41) is 9.16. The van der Waals surface area contributed by atoms with Crippen LogP contribution in [0.25, 0.3) is 0 Å². The Kier molecular flexibility index (Phi) is 9.62. The molecule has 3 rings (SSSR count). The van der Waals surface area contributed by atoms with E-state index in [9.17, 15) is 9.59 Å². The van der Waals surface area contributed by atoms with Crippen molar-refractivity contribution in [2.45, 2.75) is 18.9 Å². The van der Waals surface area contributed by atoms with E-state index >= 15 is 0 Å². The van der Waals surface area contributed by atoms with Gasteiger partial charge in [-0.3, -0.25) is 9.69 Å². The zero-order valence-electron chi connectivity index (χ0n) is 17.8. The second kappa shape index (κ2) is 12.6. The van der Waals surface area contributed by atoms with Crippen molar-refractivity contribution in [1.82, 2.24) is 15.5 Å². The fourth-order valence-corrected chi connectivity index (χ4v) is 3.72. The number of anilines is 1. The second-order valence-electron chi connectivity index (χ2n) is 7.57. The summed E-state index contributed by atoms with van der Waals surface area (Å²) in [4.78, 5) is 27.7. The third-order valence-corrected chi connectivity index (χ3v) is 5.88. The molecule has 1 atom stereocenters. The molecule has 0 spiro atoms. The van der Waals surface area contributed by atoms with E-state index in [1.54, 1.807) is 18.2 Å². The Morgan fingerprint density at radius 2 is 1.78 bits per heavy atom. The van der Waals surface area contributed by atoms with Crippen LogP contribution in [0.3, 0.4) is 0 Å². The van der Waals surface area contributed by atoms with Crippen molar-refractivity contribution in [2.24, 2.45) is 0 Å². The molecule has 32 heavy (non-hydrogen) atoms. The standard InChI is InChI=1S/C23H28Cl2N4O3/c24-19-8-7-18(16-20(19)25)27-23(31)28-21(15-17-5-2-1-3-6-17)22(30)26-9-4-10-29-11-13-32-14-12-29/h1-3,5-8,16,21H,4,9-15H2,(H,26,30)(H2,27,28,31). The van der Waals surface area contributed by atoms with Gasteiger partial charge in [0.15, 0.2) is 0 Å². The number of urea groups is 1. The number of halogens is 2. The number of morpholine rings is 1. The van der Waals surface area contributed by atoms with Crippen LogP contribution in [0.5, 0.6) is 0 Å². The van der Waals surface area contributed by atoms with Crippen LogP contribution >= 0.6 is 23.2 Å². The van der Waals surface area contributed by atoms with Crippen LogP contribution in [0.4, 0.5) is 10.5 Å². The van der Waals surface area contributed by atoms with Gasteiger partial charge in [-0.15, -0.1) is 0 Å². The minimum absolute atomic E-state index is 0.222. The average Bonchev–Trinajstić information content (AvgIpc) is 2.80. The first kappa shape index (κ1) is 24.3. The van der Waals surface area contributed by atoms with Gasteiger partial charge in [0.1, 0.15) is 6.04 Å². The topological polar surface area (TPSA) is 82.7 Å². The number of carbonyl (C=O) groups excluding carboxylic acids is 2. The normalized spacial score (nSPS) is 15.1. The van der Waals surface area contributed by atoms with Crippen LogP contribution in [-0.2, 0) is 16.0 Å². The number of ether oxygens (including phenoxy) is 1. The van der Waals surface area contributed by atoms with Gasteiger partial charge in [0.25, 0.3) is 0 Å². The summed E-state index contributed by atoms with van der Waals surface area (Å²) < 4.78 is 5.35. The highest BCUT2D eigenvalue weighted by atomic mass is 35.5. The van der Waals surface area contributed by atoms with Crippen molar-refractivity contribution in [3.05, 3.63) is 64.1 Å². The maximum atomic E-state index is 12.9. The summed E-state index contributed by atoms with van der Waals surface area (Å²) in [6.07, 6.45) is 1.21. The highest BCUT2D eigenvalue weighted by Gasteiger charge is 2.21. The zero-order chi connectivity index (χ0) is 22.8. The van der Waals surface area contributed by atoms with Gasteiger partial charge in [-0.25, -0.2) is 4.79 Å².